The van der Waals surface area contributed by atoms with E-state index in [-0.39, 0.29) is 0 Å². The van der Waals surface area contributed by atoms with Crippen molar-refractivity contribution >= 4 is 0 Å². The summed E-state index contributed by atoms with van der Waals surface area (Å²) in [7, 11) is 3.73. The molecule has 0 radical (unpaired) electrons. The lowest BCUT2D eigenvalue weighted by Crippen LogP contribution is -2.44. The van der Waals surface area contributed by atoms with Gasteiger partial charge in [-0.15, -0.1) is 0 Å². The minimum Gasteiger partial charge on any atom is -0.496 e. The Morgan fingerprint density at radius 3 is 2.57 bits per heavy atom. The summed E-state index contributed by atoms with van der Waals surface area (Å²) in [6.45, 7) is 9.30. The highest BCUT2D eigenvalue weighted by Crippen LogP contribution is 2.25. The molecule has 3 unspecified atom stereocenters. The minimum absolute atomic E-state index is 0.291. The molecule has 3 atom stereocenters. The second-order valence-electron chi connectivity index (χ2n) is 6.03. The predicted octanol–water partition coefficient (Wildman–Crippen LogP) is 2.58. The fourth-order valence-electron chi connectivity index (χ4n) is 3.01. The third-order valence-corrected chi connectivity index (χ3v) is 4.13. The van der Waals surface area contributed by atoms with Crippen molar-refractivity contribution in [1.82, 2.24) is 10.2 Å². The zero-order chi connectivity index (χ0) is 15.4. The van der Waals surface area contributed by atoms with Crippen molar-refractivity contribution in [2.45, 2.75) is 45.6 Å². The summed E-state index contributed by atoms with van der Waals surface area (Å²) in [5.41, 5.74) is 2.54. The van der Waals surface area contributed by atoms with E-state index in [1.54, 1.807) is 7.11 Å². The van der Waals surface area contributed by atoms with Crippen LogP contribution in [-0.2, 0) is 11.3 Å². The summed E-state index contributed by atoms with van der Waals surface area (Å²) >= 11 is 0. The molecule has 1 aliphatic rings. The molecule has 2 rings (SSSR count). The van der Waals surface area contributed by atoms with Crippen LogP contribution in [0.4, 0.5) is 0 Å². The average molecular weight is 292 g/mol. The molecule has 0 bridgehead atoms. The molecule has 0 amide bonds. The highest BCUT2D eigenvalue weighted by molar-refractivity contribution is 5.38. The standard InChI is InChI=1S/C17H28N2O2/c1-12-9-19(10-13(2)21-12)11-16-8-15(14(3)18-4)6-7-17(16)20-5/h6-8,12-14,18H,9-11H2,1-5H3. The predicted molar refractivity (Wildman–Crippen MR) is 85.8 cm³/mol. The van der Waals surface area contributed by atoms with E-state index in [4.69, 9.17) is 9.47 Å². The van der Waals surface area contributed by atoms with Gasteiger partial charge in [-0.05, 0) is 45.5 Å². The second-order valence-corrected chi connectivity index (χ2v) is 6.03. The summed E-state index contributed by atoms with van der Waals surface area (Å²) in [5.74, 6) is 0.967. The van der Waals surface area contributed by atoms with Gasteiger partial charge in [-0.1, -0.05) is 6.07 Å². The van der Waals surface area contributed by atoms with Gasteiger partial charge < -0.3 is 14.8 Å². The number of hydrogen-bond acceptors (Lipinski definition) is 4. The normalized spacial score (nSPS) is 24.8. The summed E-state index contributed by atoms with van der Waals surface area (Å²) in [6, 6.07) is 6.81. The topological polar surface area (TPSA) is 33.7 Å². The monoisotopic (exact) mass is 292 g/mol. The number of ether oxygens (including phenoxy) is 2. The van der Waals surface area contributed by atoms with Gasteiger partial charge in [0.15, 0.2) is 0 Å². The van der Waals surface area contributed by atoms with Crippen LogP contribution in [0.25, 0.3) is 0 Å². The van der Waals surface area contributed by atoms with Gasteiger partial charge in [0.2, 0.25) is 0 Å². The van der Waals surface area contributed by atoms with Crippen LogP contribution < -0.4 is 10.1 Å². The van der Waals surface area contributed by atoms with Crippen molar-refractivity contribution in [3.05, 3.63) is 29.3 Å². The molecule has 1 aromatic rings. The van der Waals surface area contributed by atoms with Crippen molar-refractivity contribution in [3.63, 3.8) is 0 Å². The number of hydrogen-bond donors (Lipinski definition) is 1. The Morgan fingerprint density at radius 1 is 1.33 bits per heavy atom. The highest BCUT2D eigenvalue weighted by atomic mass is 16.5. The van der Waals surface area contributed by atoms with Gasteiger partial charge in [0.05, 0.1) is 19.3 Å². The van der Waals surface area contributed by atoms with Crippen LogP contribution in [0, 0.1) is 0 Å². The van der Waals surface area contributed by atoms with Gasteiger partial charge in [-0.25, -0.2) is 0 Å². The summed E-state index contributed by atoms with van der Waals surface area (Å²) in [5, 5.41) is 3.29. The molecule has 1 aliphatic heterocycles. The molecular formula is C17H28N2O2. The number of nitrogens with zero attached hydrogens (tertiary/aromatic N) is 1. The SMILES string of the molecule is CNC(C)c1ccc(OC)c(CN2CC(C)OC(C)C2)c1. The van der Waals surface area contributed by atoms with Crippen LogP contribution in [0.1, 0.15) is 37.9 Å². The van der Waals surface area contributed by atoms with E-state index < -0.39 is 0 Å². The van der Waals surface area contributed by atoms with Gasteiger partial charge >= 0.3 is 0 Å². The lowest BCUT2D eigenvalue weighted by molar-refractivity contribution is -0.0706. The van der Waals surface area contributed by atoms with E-state index in [0.29, 0.717) is 18.2 Å². The van der Waals surface area contributed by atoms with Crippen LogP contribution in [-0.4, -0.2) is 44.4 Å². The van der Waals surface area contributed by atoms with Crippen molar-refractivity contribution in [2.75, 3.05) is 27.2 Å². The van der Waals surface area contributed by atoms with E-state index in [1.807, 2.05) is 7.05 Å². The van der Waals surface area contributed by atoms with Crippen LogP contribution in [0.2, 0.25) is 0 Å². The van der Waals surface area contributed by atoms with E-state index in [9.17, 15) is 0 Å². The van der Waals surface area contributed by atoms with Crippen LogP contribution in [0.3, 0.4) is 0 Å². The molecular weight excluding hydrogens is 264 g/mol. The molecule has 1 saturated heterocycles. The smallest absolute Gasteiger partial charge is 0.123 e. The Labute approximate surface area is 128 Å². The van der Waals surface area contributed by atoms with Crippen molar-refractivity contribution < 1.29 is 9.47 Å². The number of rotatable bonds is 5. The molecule has 118 valence electrons. The minimum atomic E-state index is 0.291. The third-order valence-electron chi connectivity index (χ3n) is 4.13. The van der Waals surface area contributed by atoms with Crippen LogP contribution in [0.5, 0.6) is 5.75 Å². The van der Waals surface area contributed by atoms with Gasteiger partial charge in [-0.2, -0.15) is 0 Å². The molecule has 1 heterocycles. The van der Waals surface area contributed by atoms with E-state index in [0.717, 1.165) is 25.4 Å². The molecule has 1 N–H and O–H groups in total. The first-order valence-electron chi connectivity index (χ1n) is 7.75. The highest BCUT2D eigenvalue weighted by Gasteiger charge is 2.23. The molecule has 0 spiro atoms. The number of methoxy groups -OCH3 is 1. The van der Waals surface area contributed by atoms with Gasteiger partial charge in [0, 0.05) is 31.2 Å². The first-order chi connectivity index (χ1) is 10.0. The molecule has 1 aromatic carbocycles. The summed E-state index contributed by atoms with van der Waals surface area (Å²) in [4.78, 5) is 2.45. The Hall–Kier alpha value is -1.10. The lowest BCUT2D eigenvalue weighted by Gasteiger charge is -2.35. The van der Waals surface area contributed by atoms with Gasteiger partial charge in [-0.3, -0.25) is 4.90 Å². The van der Waals surface area contributed by atoms with Crippen LogP contribution in [0.15, 0.2) is 18.2 Å². The largest absolute Gasteiger partial charge is 0.496 e. The molecule has 0 saturated carbocycles. The lowest BCUT2D eigenvalue weighted by atomic mass is 10.0. The fraction of sp³-hybridized carbons (Fsp3) is 0.647. The van der Waals surface area contributed by atoms with E-state index in [2.05, 4.69) is 49.2 Å². The van der Waals surface area contributed by atoms with E-state index >= 15 is 0 Å². The van der Waals surface area contributed by atoms with Crippen LogP contribution >= 0.6 is 0 Å². The number of benzene rings is 1. The zero-order valence-corrected chi connectivity index (χ0v) is 13.8. The third kappa shape index (κ3) is 4.19. The zero-order valence-electron chi connectivity index (χ0n) is 13.8. The molecule has 21 heavy (non-hydrogen) atoms. The van der Waals surface area contributed by atoms with E-state index in [1.165, 1.54) is 11.1 Å². The van der Waals surface area contributed by atoms with Gasteiger partial charge in [0.25, 0.3) is 0 Å². The average Bonchev–Trinajstić information content (AvgIpc) is 2.45. The maximum Gasteiger partial charge on any atom is 0.123 e. The van der Waals surface area contributed by atoms with Crippen molar-refractivity contribution in [1.29, 1.82) is 0 Å². The molecule has 1 fully saturated rings. The maximum absolute atomic E-state index is 5.81. The quantitative estimate of drug-likeness (QED) is 0.904. The molecule has 0 aliphatic carbocycles. The number of nitrogens with one attached hydrogen (secondary N) is 1. The summed E-state index contributed by atoms with van der Waals surface area (Å²) < 4.78 is 11.3. The Bertz CT molecular complexity index is 454. The van der Waals surface area contributed by atoms with Crippen molar-refractivity contribution in [2.24, 2.45) is 0 Å². The fourth-order valence-corrected chi connectivity index (χ4v) is 3.01. The first-order valence-corrected chi connectivity index (χ1v) is 7.75. The Kier molecular flexibility index (Phi) is 5.62. The number of morpholine rings is 1. The Morgan fingerprint density at radius 2 is 2.00 bits per heavy atom. The first kappa shape index (κ1) is 16.3. The molecule has 4 heteroatoms. The Balaban J connectivity index is 2.17. The van der Waals surface area contributed by atoms with Gasteiger partial charge in [0.1, 0.15) is 5.75 Å². The molecule has 4 nitrogen and oxygen atoms in total. The second kappa shape index (κ2) is 7.25. The summed E-state index contributed by atoms with van der Waals surface area (Å²) in [6.07, 6.45) is 0.582. The van der Waals surface area contributed by atoms with Crippen molar-refractivity contribution in [3.8, 4) is 5.75 Å². The maximum atomic E-state index is 5.81. The molecule has 0 aromatic heterocycles.